The zero-order chi connectivity index (χ0) is 10.5. The minimum absolute atomic E-state index is 0.958. The minimum Gasteiger partial charge on any atom is -0.260 e. The number of thiazole rings is 1. The van der Waals surface area contributed by atoms with Crippen molar-refractivity contribution < 1.29 is 0 Å². The molecule has 0 saturated heterocycles. The first-order valence-corrected chi connectivity index (χ1v) is 6.70. The van der Waals surface area contributed by atoms with Crippen LogP contribution in [-0.2, 0) is 11.5 Å². The van der Waals surface area contributed by atoms with Gasteiger partial charge in [0, 0.05) is 28.8 Å². The van der Waals surface area contributed by atoms with Gasteiger partial charge >= 0.3 is 0 Å². The molecule has 2 aromatic rings. The van der Waals surface area contributed by atoms with E-state index in [0.717, 1.165) is 17.2 Å². The number of nitrogens with zero attached hydrogens (tertiary/aromatic N) is 2. The average Bonchev–Trinajstić information content (AvgIpc) is 2.66. The van der Waals surface area contributed by atoms with Crippen LogP contribution in [0.5, 0.6) is 0 Å². The molecule has 0 spiro atoms. The van der Waals surface area contributed by atoms with E-state index in [2.05, 4.69) is 23.0 Å². The van der Waals surface area contributed by atoms with Crippen LogP contribution in [0.4, 0.5) is 0 Å². The van der Waals surface area contributed by atoms with Crippen molar-refractivity contribution in [3.05, 3.63) is 46.2 Å². The predicted molar refractivity (Wildman–Crippen MR) is 66.1 cm³/mol. The molecular weight excluding hydrogens is 224 g/mol. The molecular formula is C11H12N2S2. The van der Waals surface area contributed by atoms with Gasteiger partial charge in [-0.2, -0.15) is 0 Å². The summed E-state index contributed by atoms with van der Waals surface area (Å²) in [5.74, 6) is 1.94. The van der Waals surface area contributed by atoms with Crippen molar-refractivity contribution in [3.8, 4) is 0 Å². The molecule has 0 fully saturated rings. The third-order valence-electron chi connectivity index (χ3n) is 1.87. The molecule has 4 heteroatoms. The molecule has 0 aliphatic rings. The molecule has 0 aliphatic heterocycles. The van der Waals surface area contributed by atoms with Crippen molar-refractivity contribution in [2.75, 3.05) is 0 Å². The standard InChI is InChI=1S/C11H12N2S2/c1-9-6-13-11(15-9)8-14-7-10-4-2-3-5-12-10/h2-6H,7-8H2,1H3. The van der Waals surface area contributed by atoms with Crippen molar-refractivity contribution in [1.29, 1.82) is 0 Å². The maximum absolute atomic E-state index is 4.32. The van der Waals surface area contributed by atoms with Crippen LogP contribution in [-0.4, -0.2) is 9.97 Å². The van der Waals surface area contributed by atoms with Crippen LogP contribution < -0.4 is 0 Å². The number of rotatable bonds is 4. The molecule has 0 saturated carbocycles. The van der Waals surface area contributed by atoms with Gasteiger partial charge in [0.05, 0.1) is 5.69 Å². The molecule has 0 atom stereocenters. The van der Waals surface area contributed by atoms with Crippen LogP contribution in [0, 0.1) is 6.92 Å². The Labute approximate surface area is 97.8 Å². The Morgan fingerprint density at radius 3 is 2.87 bits per heavy atom. The third-order valence-corrected chi connectivity index (χ3v) is 3.94. The van der Waals surface area contributed by atoms with Crippen LogP contribution in [0.15, 0.2) is 30.6 Å². The highest BCUT2D eigenvalue weighted by Gasteiger charge is 1.99. The monoisotopic (exact) mass is 236 g/mol. The topological polar surface area (TPSA) is 25.8 Å². The summed E-state index contributed by atoms with van der Waals surface area (Å²) < 4.78 is 0. The third kappa shape index (κ3) is 3.32. The lowest BCUT2D eigenvalue weighted by atomic mass is 10.4. The van der Waals surface area contributed by atoms with Gasteiger partial charge in [0.25, 0.3) is 0 Å². The molecule has 0 radical (unpaired) electrons. The number of aromatic nitrogens is 2. The van der Waals surface area contributed by atoms with Crippen molar-refractivity contribution in [2.45, 2.75) is 18.4 Å². The Kier molecular flexibility index (Phi) is 3.75. The van der Waals surface area contributed by atoms with Gasteiger partial charge in [-0.15, -0.1) is 23.1 Å². The summed E-state index contributed by atoms with van der Waals surface area (Å²) in [7, 11) is 0. The van der Waals surface area contributed by atoms with Gasteiger partial charge in [-0.1, -0.05) is 6.07 Å². The fraction of sp³-hybridized carbons (Fsp3) is 0.273. The summed E-state index contributed by atoms with van der Waals surface area (Å²) in [5, 5.41) is 1.20. The van der Waals surface area contributed by atoms with Crippen LogP contribution in [0.3, 0.4) is 0 Å². The van der Waals surface area contributed by atoms with Gasteiger partial charge in [-0.3, -0.25) is 4.98 Å². The van der Waals surface area contributed by atoms with E-state index < -0.39 is 0 Å². The first-order chi connectivity index (χ1) is 7.34. The molecule has 78 valence electrons. The molecule has 0 bridgehead atoms. The highest BCUT2D eigenvalue weighted by Crippen LogP contribution is 2.20. The lowest BCUT2D eigenvalue weighted by Gasteiger charge is -1.98. The summed E-state index contributed by atoms with van der Waals surface area (Å²) in [6, 6.07) is 6.02. The van der Waals surface area contributed by atoms with Gasteiger partial charge in [0.15, 0.2) is 0 Å². The Morgan fingerprint density at radius 1 is 1.27 bits per heavy atom. The van der Waals surface area contributed by atoms with E-state index >= 15 is 0 Å². The van der Waals surface area contributed by atoms with E-state index in [1.807, 2.05) is 36.3 Å². The Morgan fingerprint density at radius 2 is 2.20 bits per heavy atom. The molecule has 0 amide bonds. The minimum atomic E-state index is 0.958. The molecule has 2 aromatic heterocycles. The summed E-state index contributed by atoms with van der Waals surface area (Å²) >= 11 is 3.63. The van der Waals surface area contributed by atoms with Gasteiger partial charge in [-0.05, 0) is 19.1 Å². The van der Waals surface area contributed by atoms with Gasteiger partial charge in [0.2, 0.25) is 0 Å². The van der Waals surface area contributed by atoms with E-state index in [9.17, 15) is 0 Å². The molecule has 15 heavy (non-hydrogen) atoms. The number of aryl methyl sites for hydroxylation is 1. The Bertz CT molecular complexity index is 412. The van der Waals surface area contributed by atoms with Crippen LogP contribution >= 0.6 is 23.1 Å². The largest absolute Gasteiger partial charge is 0.260 e. The maximum atomic E-state index is 4.32. The summed E-state index contributed by atoms with van der Waals surface area (Å²) in [6.45, 7) is 2.09. The second kappa shape index (κ2) is 5.28. The van der Waals surface area contributed by atoms with E-state index in [-0.39, 0.29) is 0 Å². The number of hydrogen-bond donors (Lipinski definition) is 0. The zero-order valence-electron chi connectivity index (χ0n) is 8.51. The normalized spacial score (nSPS) is 10.5. The molecule has 0 unspecified atom stereocenters. The first kappa shape index (κ1) is 10.6. The molecule has 0 N–H and O–H groups in total. The predicted octanol–water partition coefficient (Wildman–Crippen LogP) is 3.28. The molecule has 2 heterocycles. The highest BCUT2D eigenvalue weighted by atomic mass is 32.2. The number of hydrogen-bond acceptors (Lipinski definition) is 4. The SMILES string of the molecule is Cc1cnc(CSCc2ccccn2)s1. The highest BCUT2D eigenvalue weighted by molar-refractivity contribution is 7.97. The fourth-order valence-electron chi connectivity index (χ4n) is 1.19. The number of thioether (sulfide) groups is 1. The summed E-state index contributed by atoms with van der Waals surface area (Å²) in [5.41, 5.74) is 1.13. The quantitative estimate of drug-likeness (QED) is 0.814. The lowest BCUT2D eigenvalue weighted by molar-refractivity contribution is 1.17. The van der Waals surface area contributed by atoms with Crippen LogP contribution in [0.25, 0.3) is 0 Å². The van der Waals surface area contributed by atoms with Crippen molar-refractivity contribution >= 4 is 23.1 Å². The fourth-order valence-corrected chi connectivity index (χ4v) is 2.99. The van der Waals surface area contributed by atoms with E-state index in [0.29, 0.717) is 0 Å². The molecule has 2 nitrogen and oxygen atoms in total. The lowest BCUT2D eigenvalue weighted by Crippen LogP contribution is -1.85. The first-order valence-electron chi connectivity index (χ1n) is 4.73. The zero-order valence-corrected chi connectivity index (χ0v) is 10.1. The summed E-state index contributed by atoms with van der Waals surface area (Å²) in [6.07, 6.45) is 3.77. The van der Waals surface area contributed by atoms with E-state index in [1.54, 1.807) is 11.3 Å². The molecule has 0 aliphatic carbocycles. The van der Waals surface area contributed by atoms with Crippen LogP contribution in [0.1, 0.15) is 15.6 Å². The van der Waals surface area contributed by atoms with Gasteiger partial charge in [-0.25, -0.2) is 4.98 Å². The molecule has 2 rings (SSSR count). The Hall–Kier alpha value is -0.870. The number of pyridine rings is 1. The van der Waals surface area contributed by atoms with Crippen molar-refractivity contribution in [1.82, 2.24) is 9.97 Å². The van der Waals surface area contributed by atoms with Gasteiger partial charge < -0.3 is 0 Å². The maximum Gasteiger partial charge on any atom is 0.103 e. The Balaban J connectivity index is 1.80. The smallest absolute Gasteiger partial charge is 0.103 e. The van der Waals surface area contributed by atoms with Crippen molar-refractivity contribution in [3.63, 3.8) is 0 Å². The van der Waals surface area contributed by atoms with E-state index in [1.165, 1.54) is 9.88 Å². The van der Waals surface area contributed by atoms with Gasteiger partial charge in [0.1, 0.15) is 5.01 Å². The molecule has 0 aromatic carbocycles. The second-order valence-corrected chi connectivity index (χ2v) is 5.48. The summed E-state index contributed by atoms with van der Waals surface area (Å²) in [4.78, 5) is 9.88. The van der Waals surface area contributed by atoms with Crippen molar-refractivity contribution in [2.24, 2.45) is 0 Å². The second-order valence-electron chi connectivity index (χ2n) is 3.18. The van der Waals surface area contributed by atoms with Crippen LogP contribution in [0.2, 0.25) is 0 Å². The van der Waals surface area contributed by atoms with E-state index in [4.69, 9.17) is 0 Å². The average molecular weight is 236 g/mol.